The number of carbonyl (C=O) groups is 1. The fourth-order valence-corrected chi connectivity index (χ4v) is 0.612. The molecule has 1 atom stereocenters. The third-order valence-electron chi connectivity index (χ3n) is 0.920. The third-order valence-corrected chi connectivity index (χ3v) is 1.89. The Labute approximate surface area is 63.7 Å². The Hall–Kier alpha value is -0.0500. The zero-order valence-corrected chi connectivity index (χ0v) is 7.27. The minimum absolute atomic E-state index is 0.0232. The van der Waals surface area contributed by atoms with Gasteiger partial charge in [0.15, 0.2) is 0 Å². The highest BCUT2D eigenvalue weighted by Crippen LogP contribution is 2.01. The van der Waals surface area contributed by atoms with Crippen molar-refractivity contribution in [2.45, 2.75) is 13.8 Å². The molecule has 0 saturated heterocycles. The number of hydrogen-bond donors (Lipinski definition) is 0. The van der Waals surface area contributed by atoms with Gasteiger partial charge in [-0.1, -0.05) is 22.9 Å². The van der Waals surface area contributed by atoms with Gasteiger partial charge in [-0.15, -0.1) is 0 Å². The van der Waals surface area contributed by atoms with Crippen LogP contribution in [-0.4, -0.2) is 17.9 Å². The van der Waals surface area contributed by atoms with Crippen LogP contribution in [0.2, 0.25) is 0 Å². The first-order valence-corrected chi connectivity index (χ1v) is 4.07. The van der Waals surface area contributed by atoms with Crippen molar-refractivity contribution in [1.82, 2.24) is 0 Å². The molecule has 0 bridgehead atoms. The van der Waals surface area contributed by atoms with Crippen molar-refractivity contribution < 1.29 is 9.53 Å². The van der Waals surface area contributed by atoms with Crippen molar-refractivity contribution in [1.29, 1.82) is 0 Å². The molecule has 0 heterocycles. The van der Waals surface area contributed by atoms with Gasteiger partial charge in [0.2, 0.25) is 0 Å². The minimum atomic E-state index is -0.130. The predicted octanol–water partition coefficient (Wildman–Crippen LogP) is 1.58. The molecule has 0 rings (SSSR count). The number of rotatable bonds is 3. The van der Waals surface area contributed by atoms with Crippen LogP contribution in [0.4, 0.5) is 0 Å². The van der Waals surface area contributed by atoms with E-state index < -0.39 is 0 Å². The third kappa shape index (κ3) is 3.51. The lowest BCUT2D eigenvalue weighted by Crippen LogP contribution is -2.15. The quantitative estimate of drug-likeness (QED) is 0.504. The van der Waals surface area contributed by atoms with E-state index in [1.165, 1.54) is 0 Å². The zero-order chi connectivity index (χ0) is 7.28. The van der Waals surface area contributed by atoms with Crippen LogP contribution in [0, 0.1) is 5.92 Å². The second kappa shape index (κ2) is 4.79. The molecule has 0 aliphatic carbocycles. The molecule has 0 aliphatic rings. The maximum absolute atomic E-state index is 10.7. The number of hydrogen-bond acceptors (Lipinski definition) is 2. The average Bonchev–Trinajstić information content (AvgIpc) is 1.87. The Kier molecular flexibility index (Phi) is 4.77. The summed E-state index contributed by atoms with van der Waals surface area (Å²) >= 11 is 3.18. The Morgan fingerprint density at radius 2 is 2.33 bits per heavy atom. The molecular formula is C6H11BrO2. The summed E-state index contributed by atoms with van der Waals surface area (Å²) in [6, 6.07) is 0. The summed E-state index contributed by atoms with van der Waals surface area (Å²) in [5.74, 6) is -0.153. The summed E-state index contributed by atoms with van der Waals surface area (Å²) in [6.45, 7) is 4.10. The summed E-state index contributed by atoms with van der Waals surface area (Å²) in [5.41, 5.74) is 0. The maximum Gasteiger partial charge on any atom is 0.309 e. The van der Waals surface area contributed by atoms with Gasteiger partial charge in [0, 0.05) is 5.33 Å². The summed E-state index contributed by atoms with van der Waals surface area (Å²) in [5, 5.41) is 0.672. The van der Waals surface area contributed by atoms with Crippen LogP contribution in [0.3, 0.4) is 0 Å². The lowest BCUT2D eigenvalue weighted by atomic mass is 10.2. The molecule has 0 unspecified atom stereocenters. The van der Waals surface area contributed by atoms with E-state index in [0.717, 1.165) is 0 Å². The number of esters is 1. The lowest BCUT2D eigenvalue weighted by Gasteiger charge is -2.04. The molecule has 0 aliphatic heterocycles. The van der Waals surface area contributed by atoms with Gasteiger partial charge in [0.05, 0.1) is 12.5 Å². The molecule has 9 heavy (non-hydrogen) atoms. The van der Waals surface area contributed by atoms with Crippen LogP contribution in [0.15, 0.2) is 0 Å². The molecule has 0 aromatic rings. The van der Waals surface area contributed by atoms with E-state index in [-0.39, 0.29) is 11.9 Å². The molecule has 2 nitrogen and oxygen atoms in total. The Balaban J connectivity index is 3.46. The fraction of sp³-hybridized carbons (Fsp3) is 0.833. The summed E-state index contributed by atoms with van der Waals surface area (Å²) in [7, 11) is 0. The van der Waals surface area contributed by atoms with Crippen molar-refractivity contribution in [2.75, 3.05) is 11.9 Å². The number of alkyl halides is 1. The average molecular weight is 195 g/mol. The Morgan fingerprint density at radius 1 is 1.78 bits per heavy atom. The van der Waals surface area contributed by atoms with Crippen molar-refractivity contribution >= 4 is 21.9 Å². The van der Waals surface area contributed by atoms with Crippen molar-refractivity contribution in [3.8, 4) is 0 Å². The van der Waals surface area contributed by atoms with E-state index in [9.17, 15) is 4.79 Å². The smallest absolute Gasteiger partial charge is 0.309 e. The highest BCUT2D eigenvalue weighted by Gasteiger charge is 2.10. The van der Waals surface area contributed by atoms with E-state index in [1.807, 2.05) is 6.92 Å². The second-order valence-electron chi connectivity index (χ2n) is 1.81. The molecule has 0 radical (unpaired) electrons. The van der Waals surface area contributed by atoms with E-state index >= 15 is 0 Å². The normalized spacial score (nSPS) is 12.8. The van der Waals surface area contributed by atoms with Gasteiger partial charge in [0.25, 0.3) is 0 Å². The van der Waals surface area contributed by atoms with Crippen molar-refractivity contribution in [3.05, 3.63) is 0 Å². The second-order valence-corrected chi connectivity index (χ2v) is 2.45. The van der Waals surface area contributed by atoms with E-state index in [0.29, 0.717) is 11.9 Å². The highest BCUT2D eigenvalue weighted by atomic mass is 79.9. The van der Waals surface area contributed by atoms with Crippen molar-refractivity contribution in [2.24, 2.45) is 5.92 Å². The summed E-state index contributed by atoms with van der Waals surface area (Å²) in [6.07, 6.45) is 0. The molecule has 0 N–H and O–H groups in total. The van der Waals surface area contributed by atoms with Gasteiger partial charge in [-0.2, -0.15) is 0 Å². The Morgan fingerprint density at radius 3 is 2.67 bits per heavy atom. The first kappa shape index (κ1) is 8.95. The molecule has 0 fully saturated rings. The van der Waals surface area contributed by atoms with E-state index in [4.69, 9.17) is 4.74 Å². The maximum atomic E-state index is 10.7. The van der Waals surface area contributed by atoms with Crippen LogP contribution in [-0.2, 0) is 9.53 Å². The number of halogens is 1. The topological polar surface area (TPSA) is 26.3 Å². The molecule has 3 heteroatoms. The van der Waals surface area contributed by atoms with Crippen LogP contribution < -0.4 is 0 Å². The van der Waals surface area contributed by atoms with Gasteiger partial charge in [-0.3, -0.25) is 4.79 Å². The van der Waals surface area contributed by atoms with E-state index in [1.54, 1.807) is 6.92 Å². The molecule has 0 spiro atoms. The summed E-state index contributed by atoms with van der Waals surface area (Å²) in [4.78, 5) is 10.7. The van der Waals surface area contributed by atoms with Gasteiger partial charge < -0.3 is 4.74 Å². The predicted molar refractivity (Wildman–Crippen MR) is 39.6 cm³/mol. The first-order valence-electron chi connectivity index (χ1n) is 2.95. The van der Waals surface area contributed by atoms with Crippen LogP contribution in [0.5, 0.6) is 0 Å². The number of carbonyl (C=O) groups excluding carboxylic acids is 1. The molecule has 0 saturated carbocycles. The van der Waals surface area contributed by atoms with Crippen LogP contribution in [0.1, 0.15) is 13.8 Å². The van der Waals surface area contributed by atoms with Gasteiger partial charge in [0.1, 0.15) is 0 Å². The van der Waals surface area contributed by atoms with Gasteiger partial charge in [-0.25, -0.2) is 0 Å². The highest BCUT2D eigenvalue weighted by molar-refractivity contribution is 9.09. The summed E-state index contributed by atoms with van der Waals surface area (Å²) < 4.78 is 4.73. The SMILES string of the molecule is CCOC(=O)[C@@H](C)CBr. The van der Waals surface area contributed by atoms with E-state index in [2.05, 4.69) is 15.9 Å². The largest absolute Gasteiger partial charge is 0.466 e. The van der Waals surface area contributed by atoms with Crippen LogP contribution >= 0.6 is 15.9 Å². The molecule has 54 valence electrons. The molecular weight excluding hydrogens is 184 g/mol. The first-order chi connectivity index (χ1) is 4.22. The minimum Gasteiger partial charge on any atom is -0.466 e. The molecule has 0 aromatic heterocycles. The fourth-order valence-electron chi connectivity index (χ4n) is 0.348. The lowest BCUT2D eigenvalue weighted by molar-refractivity contribution is -0.146. The van der Waals surface area contributed by atoms with Crippen LogP contribution in [0.25, 0.3) is 0 Å². The standard InChI is InChI=1S/C6H11BrO2/c1-3-9-6(8)5(2)4-7/h5H,3-4H2,1-2H3/t5-/m0/s1. The number of ether oxygens (including phenoxy) is 1. The van der Waals surface area contributed by atoms with Gasteiger partial charge >= 0.3 is 5.97 Å². The molecule has 0 amide bonds. The van der Waals surface area contributed by atoms with Gasteiger partial charge in [-0.05, 0) is 6.92 Å². The monoisotopic (exact) mass is 194 g/mol. The Bertz CT molecular complexity index is 93.1. The molecule has 0 aromatic carbocycles. The zero-order valence-electron chi connectivity index (χ0n) is 5.69. The van der Waals surface area contributed by atoms with Crippen molar-refractivity contribution in [3.63, 3.8) is 0 Å².